The second-order valence-electron chi connectivity index (χ2n) is 12.8. The molecule has 11 aromatic rings. The molecule has 2 nitrogen and oxygen atoms in total. The van der Waals surface area contributed by atoms with Gasteiger partial charge in [-0.15, -0.1) is 11.3 Å². The van der Waals surface area contributed by atoms with Gasteiger partial charge in [-0.25, -0.2) is 0 Å². The van der Waals surface area contributed by atoms with Gasteiger partial charge < -0.3 is 9.13 Å². The second-order valence-corrected chi connectivity index (χ2v) is 13.9. The average Bonchev–Trinajstić information content (AvgIpc) is 3.93. The molecule has 3 heteroatoms. The topological polar surface area (TPSA) is 9.86 Å². The number of fused-ring (bicyclic) bond motifs is 9. The van der Waals surface area contributed by atoms with E-state index in [1.54, 1.807) is 15.9 Å². The lowest BCUT2D eigenvalue weighted by molar-refractivity contribution is 1.18. The zero-order valence-corrected chi connectivity index (χ0v) is 27.9. The zero-order chi connectivity index (χ0) is 39.6. The summed E-state index contributed by atoms with van der Waals surface area (Å²) in [5, 5.41) is 4.33. The van der Waals surface area contributed by atoms with Crippen LogP contribution in [0.1, 0.15) is 9.60 Å². The number of aromatic nitrogens is 2. The molecule has 0 aliphatic heterocycles. The molecule has 0 bridgehead atoms. The highest BCUT2D eigenvalue weighted by Crippen LogP contribution is 2.40. The molecule has 0 amide bonds. The lowest BCUT2D eigenvalue weighted by atomic mass is 10.0. The molecule has 0 radical (unpaired) electrons. The van der Waals surface area contributed by atoms with Crippen LogP contribution >= 0.6 is 11.3 Å². The van der Waals surface area contributed by atoms with E-state index in [0.29, 0.717) is 11.3 Å². The van der Waals surface area contributed by atoms with Crippen LogP contribution in [0.25, 0.3) is 97.4 Å². The molecular weight excluding hydrogens is 637 g/mol. The first-order valence-corrected chi connectivity index (χ1v) is 17.7. The van der Waals surface area contributed by atoms with E-state index in [1.165, 1.54) is 0 Å². The summed E-state index contributed by atoms with van der Waals surface area (Å²) in [5.41, 5.74) is 6.93. The van der Waals surface area contributed by atoms with E-state index < -0.39 is 12.1 Å². The quantitative estimate of drug-likeness (QED) is 0.176. The third-order valence-corrected chi connectivity index (χ3v) is 11.1. The van der Waals surface area contributed by atoms with Gasteiger partial charge in [0.1, 0.15) is 0 Å². The monoisotopic (exact) mass is 673 g/mol. The van der Waals surface area contributed by atoms with E-state index in [9.17, 15) is 4.11 Å². The molecule has 0 aliphatic rings. The first-order chi connectivity index (χ1) is 28.2. The lowest BCUT2D eigenvalue weighted by Crippen LogP contribution is -1.94. The van der Waals surface area contributed by atoms with Crippen LogP contribution < -0.4 is 0 Å². The number of thiophene rings is 1. The van der Waals surface area contributed by atoms with Crippen LogP contribution in [0.3, 0.4) is 0 Å². The third-order valence-electron chi connectivity index (χ3n) is 9.95. The van der Waals surface area contributed by atoms with Gasteiger partial charge in [-0.05, 0) is 95.0 Å². The maximum Gasteiger partial charge on any atom is 0.0645 e. The molecule has 3 aromatic heterocycles. The van der Waals surface area contributed by atoms with Crippen LogP contribution in [-0.2, 0) is 0 Å². The van der Waals surface area contributed by atoms with Crippen molar-refractivity contribution in [3.63, 3.8) is 0 Å². The predicted octanol–water partition coefficient (Wildman–Crippen LogP) is 13.6. The van der Waals surface area contributed by atoms with Gasteiger partial charge in [0, 0.05) is 53.1 Å². The van der Waals surface area contributed by atoms with Crippen molar-refractivity contribution in [1.29, 1.82) is 0 Å². The maximum absolute atomic E-state index is 9.82. The Morgan fingerprint density at radius 2 is 1.08 bits per heavy atom. The highest BCUT2D eigenvalue weighted by molar-refractivity contribution is 7.25. The molecule has 0 unspecified atom stereocenters. The fourth-order valence-corrected chi connectivity index (χ4v) is 8.72. The SMILES string of the molecule is [2H]c1c([2H])c([2H])c2c(c1[2H])c1c([2H])c(-c3ccc4c(c3)c3ccccc3n4-c3cccc(-c4ccccc4)c3)c([2H])c([2H])c1n2-c1ccc2sc3ccccc3c2c1. The van der Waals surface area contributed by atoms with Gasteiger partial charge in [0.25, 0.3) is 0 Å². The zero-order valence-electron chi connectivity index (χ0n) is 34.1. The van der Waals surface area contributed by atoms with E-state index in [4.69, 9.17) is 5.48 Å². The summed E-state index contributed by atoms with van der Waals surface area (Å²) >= 11 is 1.66. The Labute approximate surface area is 308 Å². The summed E-state index contributed by atoms with van der Waals surface area (Å²) in [7, 11) is 0. The first kappa shape index (κ1) is 22.3. The van der Waals surface area contributed by atoms with Crippen molar-refractivity contribution >= 4 is 75.1 Å². The van der Waals surface area contributed by atoms with Crippen molar-refractivity contribution < 1.29 is 9.60 Å². The fourth-order valence-electron chi connectivity index (χ4n) is 7.63. The Kier molecular flexibility index (Phi) is 4.84. The van der Waals surface area contributed by atoms with E-state index in [2.05, 4.69) is 65.2 Å². The molecule has 0 fully saturated rings. The van der Waals surface area contributed by atoms with Crippen LogP contribution in [0.5, 0.6) is 0 Å². The maximum atomic E-state index is 9.82. The van der Waals surface area contributed by atoms with E-state index in [0.717, 1.165) is 58.8 Å². The van der Waals surface area contributed by atoms with Gasteiger partial charge in [-0.1, -0.05) is 109 Å². The van der Waals surface area contributed by atoms with Crippen LogP contribution in [0.15, 0.2) is 182 Å². The molecular formula is C48H30N2S. The molecule has 51 heavy (non-hydrogen) atoms. The van der Waals surface area contributed by atoms with E-state index in [1.807, 2.05) is 78.9 Å². The van der Waals surface area contributed by atoms with Crippen LogP contribution in [-0.4, -0.2) is 9.13 Å². The van der Waals surface area contributed by atoms with Crippen molar-refractivity contribution in [2.24, 2.45) is 0 Å². The van der Waals surface area contributed by atoms with Gasteiger partial charge >= 0.3 is 0 Å². The highest BCUT2D eigenvalue weighted by atomic mass is 32.1. The molecule has 0 saturated heterocycles. The van der Waals surface area contributed by atoms with E-state index >= 15 is 0 Å². The van der Waals surface area contributed by atoms with Crippen molar-refractivity contribution in [3.8, 4) is 33.6 Å². The minimum Gasteiger partial charge on any atom is -0.309 e. The molecule has 0 spiro atoms. The Morgan fingerprint density at radius 1 is 0.373 bits per heavy atom. The average molecular weight is 674 g/mol. The number of benzene rings is 8. The molecule has 238 valence electrons. The van der Waals surface area contributed by atoms with Crippen molar-refractivity contribution in [1.82, 2.24) is 9.13 Å². The van der Waals surface area contributed by atoms with Crippen molar-refractivity contribution in [2.45, 2.75) is 0 Å². The smallest absolute Gasteiger partial charge is 0.0645 e. The summed E-state index contributed by atoms with van der Waals surface area (Å²) in [5.74, 6) is 0. The summed E-state index contributed by atoms with van der Waals surface area (Å²) < 4.78 is 70.6. The van der Waals surface area contributed by atoms with Gasteiger partial charge in [-0.2, -0.15) is 0 Å². The normalized spacial score (nSPS) is 13.8. The molecule has 11 rings (SSSR count). The summed E-state index contributed by atoms with van der Waals surface area (Å²) in [6, 6.07) is 44.9. The van der Waals surface area contributed by atoms with Crippen LogP contribution in [0.4, 0.5) is 0 Å². The highest BCUT2D eigenvalue weighted by Gasteiger charge is 2.17. The molecule has 8 aromatic carbocycles. The number of hydrogen-bond acceptors (Lipinski definition) is 1. The Balaban J connectivity index is 1.18. The number of nitrogens with zero attached hydrogens (tertiary/aromatic N) is 2. The second kappa shape index (κ2) is 11.0. The number of hydrogen-bond donors (Lipinski definition) is 0. The van der Waals surface area contributed by atoms with Crippen LogP contribution in [0.2, 0.25) is 0 Å². The van der Waals surface area contributed by atoms with Gasteiger partial charge in [0.15, 0.2) is 0 Å². The molecule has 0 saturated carbocycles. The lowest BCUT2D eigenvalue weighted by Gasteiger charge is -2.11. The molecule has 3 heterocycles. The fraction of sp³-hybridized carbons (Fsp3) is 0. The van der Waals surface area contributed by atoms with Crippen molar-refractivity contribution in [3.05, 3.63) is 182 Å². The summed E-state index contributed by atoms with van der Waals surface area (Å²) in [6.45, 7) is 0. The van der Waals surface area contributed by atoms with Gasteiger partial charge in [0.05, 0.1) is 31.7 Å². The molecule has 0 N–H and O–H groups in total. The third kappa shape index (κ3) is 4.35. The van der Waals surface area contributed by atoms with Gasteiger partial charge in [-0.3, -0.25) is 0 Å². The first-order valence-electron chi connectivity index (χ1n) is 20.4. The van der Waals surface area contributed by atoms with Crippen molar-refractivity contribution in [2.75, 3.05) is 0 Å². The number of para-hydroxylation sites is 2. The number of rotatable bonds is 4. The van der Waals surface area contributed by atoms with E-state index in [-0.39, 0.29) is 57.6 Å². The Bertz CT molecular complexity index is 3550. The predicted molar refractivity (Wildman–Crippen MR) is 219 cm³/mol. The summed E-state index contributed by atoms with van der Waals surface area (Å²) in [4.78, 5) is 0. The Morgan fingerprint density at radius 3 is 2.02 bits per heavy atom. The summed E-state index contributed by atoms with van der Waals surface area (Å²) in [6.07, 6.45) is 0. The molecule has 0 aliphatic carbocycles. The minimum atomic E-state index is -0.413. The Hall–Kier alpha value is -6.42. The molecule has 0 atom stereocenters. The minimum absolute atomic E-state index is 0.0644. The largest absolute Gasteiger partial charge is 0.309 e. The van der Waals surface area contributed by atoms with Crippen LogP contribution in [0, 0.1) is 0 Å². The standard InChI is InChI=1S/C48H30N2S/c1-2-11-31(12-3-1)32-13-10-14-35(27-32)49-43-18-7-4-15-37(43)40-28-33(21-24-45(40)49)34-22-25-46-41(29-34)38-16-5-8-19-44(38)50(46)36-23-26-48-42(30-36)39-17-6-9-20-47(39)51-48/h1-30H/i5D,8D,16D,19D,22D,25D,29D. The van der Waals surface area contributed by atoms with Gasteiger partial charge in [0.2, 0.25) is 0 Å².